The van der Waals surface area contributed by atoms with Gasteiger partial charge in [-0.25, -0.2) is 0 Å². The van der Waals surface area contributed by atoms with E-state index < -0.39 is 37.3 Å². The highest BCUT2D eigenvalue weighted by molar-refractivity contribution is 6.76. The standard InChI is InChI=1S/C17H29N3O5Si/c1-26(2,3)11-9-17(18,16(24)25)8-4-5-10-19-13(21)12-20-14(22)6-7-15(20)23/h6-7H,4-5,8-12,18H2,1-3H3,(H,19,21)(H,24,25)/t17-/m0/s1. The molecule has 0 unspecified atom stereocenters. The van der Waals surface area contributed by atoms with Gasteiger partial charge >= 0.3 is 5.97 Å². The highest BCUT2D eigenvalue weighted by atomic mass is 28.3. The molecular weight excluding hydrogens is 354 g/mol. The van der Waals surface area contributed by atoms with Crippen LogP contribution in [0, 0.1) is 0 Å². The Bertz CT molecular complexity index is 582. The summed E-state index contributed by atoms with van der Waals surface area (Å²) in [6.45, 7) is 6.56. The third kappa shape index (κ3) is 7.09. The van der Waals surface area contributed by atoms with Gasteiger partial charge in [0, 0.05) is 26.8 Å². The van der Waals surface area contributed by atoms with Crippen LogP contribution in [0.2, 0.25) is 25.7 Å². The van der Waals surface area contributed by atoms with E-state index in [-0.39, 0.29) is 6.54 Å². The highest BCUT2D eigenvalue weighted by Crippen LogP contribution is 2.23. The molecule has 0 saturated carbocycles. The van der Waals surface area contributed by atoms with Gasteiger partial charge in [0.25, 0.3) is 11.8 Å². The predicted octanol–water partition coefficient (Wildman–Crippen LogP) is 0.708. The van der Waals surface area contributed by atoms with Crippen LogP contribution in [0.4, 0.5) is 0 Å². The zero-order valence-electron chi connectivity index (χ0n) is 15.7. The SMILES string of the molecule is C[Si](C)(C)CC[C@@](N)(CCCCNC(=O)CN1C(=O)C=CC1=O)C(=O)O. The van der Waals surface area contributed by atoms with Crippen LogP contribution in [0.5, 0.6) is 0 Å². The third-order valence-electron chi connectivity index (χ3n) is 4.32. The number of hydrogen-bond acceptors (Lipinski definition) is 5. The Balaban J connectivity index is 2.31. The molecule has 26 heavy (non-hydrogen) atoms. The molecule has 0 radical (unpaired) electrons. The molecule has 4 N–H and O–H groups in total. The summed E-state index contributed by atoms with van der Waals surface area (Å²) in [5, 5.41) is 12.1. The fourth-order valence-corrected chi connectivity index (χ4v) is 3.71. The van der Waals surface area contributed by atoms with E-state index >= 15 is 0 Å². The number of nitrogens with zero attached hydrogens (tertiary/aromatic N) is 1. The fraction of sp³-hybridized carbons (Fsp3) is 0.647. The van der Waals surface area contributed by atoms with E-state index in [2.05, 4.69) is 25.0 Å². The Kier molecular flexibility index (Phi) is 7.70. The molecule has 1 aliphatic rings. The van der Waals surface area contributed by atoms with E-state index in [1.807, 2.05) is 0 Å². The van der Waals surface area contributed by atoms with Gasteiger partial charge in [-0.15, -0.1) is 0 Å². The van der Waals surface area contributed by atoms with Crippen LogP contribution in [-0.4, -0.2) is 60.4 Å². The number of carbonyl (C=O) groups excluding carboxylic acids is 3. The predicted molar refractivity (Wildman–Crippen MR) is 100 cm³/mol. The van der Waals surface area contributed by atoms with Crippen LogP contribution in [0.15, 0.2) is 12.2 Å². The van der Waals surface area contributed by atoms with Crippen molar-refractivity contribution in [1.82, 2.24) is 10.2 Å². The van der Waals surface area contributed by atoms with E-state index in [1.54, 1.807) is 0 Å². The number of carboxylic acids is 1. The van der Waals surface area contributed by atoms with Gasteiger partial charge in [0.2, 0.25) is 5.91 Å². The lowest BCUT2D eigenvalue weighted by atomic mass is 9.91. The maximum atomic E-state index is 11.8. The summed E-state index contributed by atoms with van der Waals surface area (Å²) in [7, 11) is -1.38. The number of nitrogens with one attached hydrogen (secondary N) is 1. The smallest absolute Gasteiger partial charge is 0.323 e. The summed E-state index contributed by atoms with van der Waals surface area (Å²) in [6, 6.07) is 0.846. The normalized spacial score (nSPS) is 16.7. The monoisotopic (exact) mass is 383 g/mol. The van der Waals surface area contributed by atoms with Crippen molar-refractivity contribution in [2.45, 2.75) is 56.9 Å². The summed E-state index contributed by atoms with van der Waals surface area (Å²) >= 11 is 0. The summed E-state index contributed by atoms with van der Waals surface area (Å²) in [5.41, 5.74) is 4.84. The number of amides is 3. The Morgan fingerprint density at radius 3 is 2.23 bits per heavy atom. The fourth-order valence-electron chi connectivity index (χ4n) is 2.52. The van der Waals surface area contributed by atoms with Crippen LogP contribution in [-0.2, 0) is 19.2 Å². The molecule has 0 aromatic carbocycles. The van der Waals surface area contributed by atoms with Crippen molar-refractivity contribution in [3.63, 3.8) is 0 Å². The molecule has 9 heteroatoms. The van der Waals surface area contributed by atoms with Crippen LogP contribution in [0.3, 0.4) is 0 Å². The van der Waals surface area contributed by atoms with Crippen LogP contribution >= 0.6 is 0 Å². The number of hydrogen-bond donors (Lipinski definition) is 3. The first-order chi connectivity index (χ1) is 11.9. The first-order valence-electron chi connectivity index (χ1n) is 8.77. The van der Waals surface area contributed by atoms with Gasteiger partial charge in [-0.2, -0.15) is 0 Å². The number of unbranched alkanes of at least 4 members (excludes halogenated alkanes) is 1. The van der Waals surface area contributed by atoms with Crippen molar-refractivity contribution in [2.75, 3.05) is 13.1 Å². The van der Waals surface area contributed by atoms with Crippen LogP contribution < -0.4 is 11.1 Å². The minimum absolute atomic E-state index is 0.309. The maximum Gasteiger partial charge on any atom is 0.323 e. The van der Waals surface area contributed by atoms with Crippen molar-refractivity contribution >= 4 is 31.8 Å². The highest BCUT2D eigenvalue weighted by Gasteiger charge is 2.34. The van der Waals surface area contributed by atoms with Gasteiger partial charge in [-0.3, -0.25) is 24.1 Å². The summed E-state index contributed by atoms with van der Waals surface area (Å²) in [4.78, 5) is 46.9. The second kappa shape index (κ2) is 9.09. The molecule has 0 aromatic heterocycles. The van der Waals surface area contributed by atoms with Crippen molar-refractivity contribution in [3.05, 3.63) is 12.2 Å². The molecule has 1 heterocycles. The zero-order valence-corrected chi connectivity index (χ0v) is 16.7. The van der Waals surface area contributed by atoms with Gasteiger partial charge in [0.05, 0.1) is 0 Å². The summed E-state index contributed by atoms with van der Waals surface area (Å²) in [6.07, 6.45) is 4.20. The molecule has 1 rings (SSSR count). The number of imide groups is 1. The zero-order chi connectivity index (χ0) is 20.0. The molecular formula is C17H29N3O5Si. The second-order valence-electron chi connectivity index (χ2n) is 7.92. The number of rotatable bonds is 11. The third-order valence-corrected chi connectivity index (χ3v) is 6.07. The Morgan fingerprint density at radius 1 is 1.15 bits per heavy atom. The minimum Gasteiger partial charge on any atom is -0.480 e. The molecule has 8 nitrogen and oxygen atoms in total. The van der Waals surface area contributed by atoms with Gasteiger partial charge < -0.3 is 16.2 Å². The lowest BCUT2D eigenvalue weighted by Gasteiger charge is -2.28. The van der Waals surface area contributed by atoms with Crippen LogP contribution in [0.1, 0.15) is 25.7 Å². The Hall–Kier alpha value is -2.00. The molecule has 1 aliphatic heterocycles. The molecule has 3 amide bonds. The summed E-state index contributed by atoms with van der Waals surface area (Å²) < 4.78 is 0. The Morgan fingerprint density at radius 2 is 1.73 bits per heavy atom. The van der Waals surface area contributed by atoms with Crippen molar-refractivity contribution in [1.29, 1.82) is 0 Å². The van der Waals surface area contributed by atoms with E-state index in [0.717, 1.165) is 23.1 Å². The first kappa shape index (κ1) is 22.0. The number of aliphatic carboxylic acids is 1. The van der Waals surface area contributed by atoms with E-state index in [4.69, 9.17) is 5.73 Å². The maximum absolute atomic E-state index is 11.8. The average molecular weight is 384 g/mol. The Labute approximate surface area is 154 Å². The van der Waals surface area contributed by atoms with Crippen molar-refractivity contribution < 1.29 is 24.3 Å². The molecule has 0 spiro atoms. The molecule has 0 aliphatic carbocycles. The summed E-state index contributed by atoms with van der Waals surface area (Å²) in [5.74, 6) is -2.41. The molecule has 0 aromatic rings. The van der Waals surface area contributed by atoms with E-state index in [0.29, 0.717) is 32.2 Å². The number of carboxylic acid groups (broad SMARTS) is 1. The number of nitrogens with two attached hydrogens (primary N) is 1. The van der Waals surface area contributed by atoms with Crippen molar-refractivity contribution in [3.8, 4) is 0 Å². The lowest BCUT2D eigenvalue weighted by Crippen LogP contribution is -2.49. The molecule has 0 fully saturated rings. The lowest BCUT2D eigenvalue weighted by molar-refractivity contribution is -0.144. The van der Waals surface area contributed by atoms with Crippen molar-refractivity contribution in [2.24, 2.45) is 5.73 Å². The van der Waals surface area contributed by atoms with E-state index in [1.165, 1.54) is 0 Å². The van der Waals surface area contributed by atoms with Gasteiger partial charge in [0.1, 0.15) is 12.1 Å². The van der Waals surface area contributed by atoms with Crippen LogP contribution in [0.25, 0.3) is 0 Å². The topological polar surface area (TPSA) is 130 Å². The van der Waals surface area contributed by atoms with Gasteiger partial charge in [0.15, 0.2) is 0 Å². The minimum atomic E-state index is -1.38. The largest absolute Gasteiger partial charge is 0.480 e. The second-order valence-corrected chi connectivity index (χ2v) is 13.5. The molecule has 0 bridgehead atoms. The quantitative estimate of drug-likeness (QED) is 0.274. The van der Waals surface area contributed by atoms with Gasteiger partial charge in [-0.1, -0.05) is 25.7 Å². The average Bonchev–Trinajstić information content (AvgIpc) is 2.83. The van der Waals surface area contributed by atoms with E-state index in [9.17, 15) is 24.3 Å². The molecule has 146 valence electrons. The molecule has 0 saturated heterocycles. The number of carbonyl (C=O) groups is 4. The first-order valence-corrected chi connectivity index (χ1v) is 12.5. The molecule has 1 atom stereocenters. The van der Waals surface area contributed by atoms with Gasteiger partial charge in [-0.05, 0) is 25.7 Å².